The van der Waals surface area contributed by atoms with Crippen LogP contribution < -0.4 is 0 Å². The maximum Gasteiger partial charge on any atom is 0.0822 e. The van der Waals surface area contributed by atoms with Gasteiger partial charge in [0.25, 0.3) is 0 Å². The van der Waals surface area contributed by atoms with Crippen LogP contribution in [0.25, 0.3) is 0 Å². The fourth-order valence-electron chi connectivity index (χ4n) is 0.714. The molecule has 0 aromatic heterocycles. The normalized spacial score (nSPS) is 12.0. The van der Waals surface area contributed by atoms with Gasteiger partial charge in [-0.15, -0.1) is 0 Å². The van der Waals surface area contributed by atoms with E-state index in [1.54, 1.807) is 7.11 Å². The van der Waals surface area contributed by atoms with Crippen molar-refractivity contribution < 1.29 is 9.47 Å². The van der Waals surface area contributed by atoms with Crippen LogP contribution in [0.2, 0.25) is 0 Å². The lowest BCUT2D eigenvalue weighted by Crippen LogP contribution is -2.09. The molecule has 0 aromatic carbocycles. The molecule has 0 amide bonds. The molecule has 0 aliphatic carbocycles. The number of hydrogen-bond donors (Lipinski definition) is 0. The van der Waals surface area contributed by atoms with Gasteiger partial charge in [-0.25, -0.2) is 0 Å². The van der Waals surface area contributed by atoms with Gasteiger partial charge in [0.1, 0.15) is 0 Å². The van der Waals surface area contributed by atoms with Gasteiger partial charge < -0.3 is 9.47 Å². The molecule has 0 bridgehead atoms. The van der Waals surface area contributed by atoms with Crippen LogP contribution in [-0.4, -0.2) is 52.6 Å². The Morgan fingerprint density at radius 1 is 1.08 bits per heavy atom. The summed E-state index contributed by atoms with van der Waals surface area (Å²) in [6.07, 6.45) is 2.56. The van der Waals surface area contributed by atoms with Gasteiger partial charge in [-0.2, -0.15) is 0 Å². The number of rotatable bonds is 7. The first-order valence-electron chi connectivity index (χ1n) is 4.51. The van der Waals surface area contributed by atoms with Gasteiger partial charge in [-0.05, 0) is 6.92 Å². The molecule has 3 heteroatoms. The predicted molar refractivity (Wildman–Crippen MR) is 56.9 cm³/mol. The highest BCUT2D eigenvalue weighted by Crippen LogP contribution is 2.49. The second kappa shape index (κ2) is 6.82. The summed E-state index contributed by atoms with van der Waals surface area (Å²) in [5, 5.41) is 0. The van der Waals surface area contributed by atoms with Crippen molar-refractivity contribution in [3.05, 3.63) is 0 Å². The lowest BCUT2D eigenvalue weighted by molar-refractivity contribution is 0.0786. The van der Waals surface area contributed by atoms with E-state index in [0.717, 1.165) is 13.2 Å². The SMILES string of the molecule is CC[P+](C)(C)CCOCCOC. The van der Waals surface area contributed by atoms with Crippen molar-refractivity contribution in [2.24, 2.45) is 0 Å². The lowest BCUT2D eigenvalue weighted by Gasteiger charge is -2.15. The quantitative estimate of drug-likeness (QED) is 0.454. The fraction of sp³-hybridized carbons (Fsp3) is 1.00. The van der Waals surface area contributed by atoms with Crippen LogP contribution in [0, 0.1) is 0 Å². The van der Waals surface area contributed by atoms with Gasteiger partial charge in [-0.1, -0.05) is 0 Å². The first-order valence-corrected chi connectivity index (χ1v) is 7.56. The highest BCUT2D eigenvalue weighted by molar-refractivity contribution is 7.74. The zero-order chi connectivity index (χ0) is 9.45. The van der Waals surface area contributed by atoms with Crippen molar-refractivity contribution in [1.82, 2.24) is 0 Å². The average Bonchev–Trinajstić information content (AvgIpc) is 2.04. The van der Waals surface area contributed by atoms with E-state index in [-0.39, 0.29) is 0 Å². The van der Waals surface area contributed by atoms with Crippen LogP contribution in [0.4, 0.5) is 0 Å². The van der Waals surface area contributed by atoms with Gasteiger partial charge in [0.2, 0.25) is 0 Å². The summed E-state index contributed by atoms with van der Waals surface area (Å²) < 4.78 is 10.3. The molecule has 0 aliphatic heterocycles. The van der Waals surface area contributed by atoms with Gasteiger partial charge >= 0.3 is 0 Å². The highest BCUT2D eigenvalue weighted by atomic mass is 31.2. The van der Waals surface area contributed by atoms with Crippen LogP contribution in [-0.2, 0) is 9.47 Å². The van der Waals surface area contributed by atoms with Crippen molar-refractivity contribution in [3.8, 4) is 0 Å². The first kappa shape index (κ1) is 12.3. The smallest absolute Gasteiger partial charge is 0.0822 e. The Morgan fingerprint density at radius 3 is 2.25 bits per heavy atom. The minimum Gasteiger partial charge on any atom is -0.382 e. The standard InChI is InChI=1S/C9H22O2P/c1-5-12(3,4)9-8-11-7-6-10-2/h5-9H2,1-4H3/q+1. The number of hydrogen-bond acceptors (Lipinski definition) is 2. The summed E-state index contributed by atoms with van der Waals surface area (Å²) in [5.41, 5.74) is 0. The molecule has 12 heavy (non-hydrogen) atoms. The maximum absolute atomic E-state index is 5.41. The van der Waals surface area contributed by atoms with Crippen LogP contribution in [0.5, 0.6) is 0 Å². The van der Waals surface area contributed by atoms with Crippen LogP contribution in [0.1, 0.15) is 6.92 Å². The van der Waals surface area contributed by atoms with Crippen LogP contribution >= 0.6 is 7.26 Å². The van der Waals surface area contributed by atoms with E-state index in [4.69, 9.17) is 9.47 Å². The third-order valence-electron chi connectivity index (χ3n) is 2.13. The van der Waals surface area contributed by atoms with Gasteiger partial charge in [0, 0.05) is 27.7 Å². The lowest BCUT2D eigenvalue weighted by atomic mass is 10.7. The number of ether oxygens (including phenoxy) is 2. The van der Waals surface area contributed by atoms with E-state index in [2.05, 4.69) is 20.3 Å². The topological polar surface area (TPSA) is 18.5 Å². The van der Waals surface area contributed by atoms with E-state index in [9.17, 15) is 0 Å². The Bertz CT molecular complexity index is 105. The summed E-state index contributed by atoms with van der Waals surface area (Å²) in [5.74, 6) is 0. The Balaban J connectivity index is 3.19. The molecule has 0 N–H and O–H groups in total. The molecule has 0 fully saturated rings. The zero-order valence-electron chi connectivity index (χ0n) is 8.80. The van der Waals surface area contributed by atoms with Crippen LogP contribution in [0.15, 0.2) is 0 Å². The molecule has 0 rings (SSSR count). The molecule has 0 radical (unpaired) electrons. The molecule has 0 spiro atoms. The molecule has 0 heterocycles. The van der Waals surface area contributed by atoms with E-state index in [1.807, 2.05) is 0 Å². The molecule has 74 valence electrons. The molecule has 0 unspecified atom stereocenters. The molecule has 2 nitrogen and oxygen atoms in total. The summed E-state index contributed by atoms with van der Waals surface area (Å²) >= 11 is 0. The molecule has 0 saturated heterocycles. The van der Waals surface area contributed by atoms with Crippen molar-refractivity contribution in [3.63, 3.8) is 0 Å². The second-order valence-corrected chi connectivity index (χ2v) is 8.53. The van der Waals surface area contributed by atoms with Crippen molar-refractivity contribution in [1.29, 1.82) is 0 Å². The zero-order valence-corrected chi connectivity index (χ0v) is 9.69. The summed E-state index contributed by atoms with van der Waals surface area (Å²) in [4.78, 5) is 0. The summed E-state index contributed by atoms with van der Waals surface area (Å²) in [7, 11) is 1.06. The number of methoxy groups -OCH3 is 1. The molecule has 0 saturated carbocycles. The fourth-order valence-corrected chi connectivity index (χ4v) is 1.65. The van der Waals surface area contributed by atoms with Gasteiger partial charge in [0.15, 0.2) is 0 Å². The molecule has 0 atom stereocenters. The molecular formula is C9H22O2P+. The maximum atomic E-state index is 5.41. The largest absolute Gasteiger partial charge is 0.382 e. The Kier molecular flexibility index (Phi) is 7.02. The van der Waals surface area contributed by atoms with E-state index >= 15 is 0 Å². The Morgan fingerprint density at radius 2 is 1.75 bits per heavy atom. The minimum absolute atomic E-state index is 0.638. The van der Waals surface area contributed by atoms with Crippen molar-refractivity contribution >= 4 is 7.26 Å². The van der Waals surface area contributed by atoms with Crippen molar-refractivity contribution in [2.45, 2.75) is 6.92 Å². The molecule has 0 aliphatic rings. The summed E-state index contributed by atoms with van der Waals surface area (Å²) in [6, 6.07) is 0. The predicted octanol–water partition coefficient (Wildman–Crippen LogP) is 1.95. The minimum atomic E-state index is -0.638. The Hall–Kier alpha value is 0.350. The van der Waals surface area contributed by atoms with E-state index < -0.39 is 7.26 Å². The van der Waals surface area contributed by atoms with E-state index in [1.165, 1.54) is 12.3 Å². The third kappa shape index (κ3) is 7.02. The second-order valence-electron chi connectivity index (χ2n) is 3.58. The first-order chi connectivity index (χ1) is 5.62. The third-order valence-corrected chi connectivity index (χ3v) is 5.23. The van der Waals surface area contributed by atoms with Gasteiger partial charge in [0.05, 0.1) is 32.1 Å². The van der Waals surface area contributed by atoms with Gasteiger partial charge in [-0.3, -0.25) is 0 Å². The average molecular weight is 193 g/mol. The molecule has 0 aromatic rings. The van der Waals surface area contributed by atoms with E-state index in [0.29, 0.717) is 6.61 Å². The Labute approximate surface area is 77.0 Å². The highest BCUT2D eigenvalue weighted by Gasteiger charge is 2.20. The monoisotopic (exact) mass is 193 g/mol. The molecular weight excluding hydrogens is 171 g/mol. The summed E-state index contributed by atoms with van der Waals surface area (Å²) in [6.45, 7) is 9.38. The van der Waals surface area contributed by atoms with Crippen LogP contribution in [0.3, 0.4) is 0 Å². The van der Waals surface area contributed by atoms with Crippen molar-refractivity contribution in [2.75, 3.05) is 52.6 Å².